The number of aryl methyl sites for hydroxylation is 2. The highest BCUT2D eigenvalue weighted by molar-refractivity contribution is 7.91. The fourth-order valence-corrected chi connectivity index (χ4v) is 4.57. The van der Waals surface area contributed by atoms with Gasteiger partial charge in [0.05, 0.1) is 17.5 Å². The van der Waals surface area contributed by atoms with Gasteiger partial charge in [0.2, 0.25) is 0 Å². The number of rotatable bonds is 2. The highest BCUT2D eigenvalue weighted by atomic mass is 32.2. The first-order valence-electron chi connectivity index (χ1n) is 6.61. The van der Waals surface area contributed by atoms with Gasteiger partial charge in [-0.1, -0.05) is 0 Å². The smallest absolute Gasteiger partial charge is 0.317 e. The quantitative estimate of drug-likeness (QED) is 0.906. The van der Waals surface area contributed by atoms with Crippen molar-refractivity contribution < 1.29 is 13.2 Å². The topological polar surface area (TPSA) is 66.5 Å². The second kappa shape index (κ2) is 5.73. The Labute approximate surface area is 123 Å². The number of carbonyl (C=O) groups is 1. The Morgan fingerprint density at radius 2 is 1.95 bits per heavy atom. The predicted molar refractivity (Wildman–Crippen MR) is 81.0 cm³/mol. The van der Waals surface area contributed by atoms with E-state index in [1.165, 1.54) is 9.75 Å². The van der Waals surface area contributed by atoms with Crippen molar-refractivity contribution >= 4 is 27.2 Å². The van der Waals surface area contributed by atoms with Crippen LogP contribution in [-0.2, 0) is 9.84 Å². The molecule has 0 aliphatic carbocycles. The van der Waals surface area contributed by atoms with Crippen LogP contribution in [0, 0.1) is 13.8 Å². The van der Waals surface area contributed by atoms with E-state index in [0.29, 0.717) is 0 Å². The van der Waals surface area contributed by atoms with E-state index < -0.39 is 9.84 Å². The molecule has 0 spiro atoms. The van der Waals surface area contributed by atoms with Crippen LogP contribution in [0.3, 0.4) is 0 Å². The molecule has 1 N–H and O–H groups in total. The van der Waals surface area contributed by atoms with Gasteiger partial charge in [-0.3, -0.25) is 0 Å². The number of urea groups is 1. The van der Waals surface area contributed by atoms with Crippen LogP contribution in [0.5, 0.6) is 0 Å². The maximum Gasteiger partial charge on any atom is 0.317 e. The van der Waals surface area contributed by atoms with Gasteiger partial charge in [-0.25, -0.2) is 13.2 Å². The molecule has 7 heteroatoms. The Morgan fingerprint density at radius 1 is 1.35 bits per heavy atom. The number of hydrogen-bond donors (Lipinski definition) is 1. The van der Waals surface area contributed by atoms with Crippen LogP contribution in [0.15, 0.2) is 6.07 Å². The molecule has 2 rings (SSSR count). The number of carbonyl (C=O) groups excluding carboxylic acids is 1. The minimum Gasteiger partial charge on any atom is -0.331 e. The normalized spacial score (nSPS) is 19.6. The monoisotopic (exact) mass is 316 g/mol. The fourth-order valence-electron chi connectivity index (χ4n) is 2.35. The molecule has 1 aliphatic heterocycles. The Balaban J connectivity index is 1.96. The van der Waals surface area contributed by atoms with E-state index in [0.717, 1.165) is 5.56 Å². The summed E-state index contributed by atoms with van der Waals surface area (Å²) < 4.78 is 22.7. The number of amides is 2. The largest absolute Gasteiger partial charge is 0.331 e. The molecule has 0 bridgehead atoms. The molecule has 2 amide bonds. The first-order valence-corrected chi connectivity index (χ1v) is 9.25. The van der Waals surface area contributed by atoms with Crippen LogP contribution in [0.4, 0.5) is 4.79 Å². The number of sulfone groups is 1. The van der Waals surface area contributed by atoms with Gasteiger partial charge in [-0.2, -0.15) is 0 Å². The summed E-state index contributed by atoms with van der Waals surface area (Å²) in [6, 6.07) is 1.84. The van der Waals surface area contributed by atoms with Gasteiger partial charge >= 0.3 is 6.03 Å². The van der Waals surface area contributed by atoms with Crippen molar-refractivity contribution in [3.63, 3.8) is 0 Å². The van der Waals surface area contributed by atoms with Gasteiger partial charge in [0.1, 0.15) is 0 Å². The second-order valence-corrected chi connectivity index (χ2v) is 8.94. The summed E-state index contributed by atoms with van der Waals surface area (Å²) in [4.78, 5) is 16.1. The Kier molecular flexibility index (Phi) is 4.39. The molecule has 0 radical (unpaired) electrons. The number of hydrogen-bond acceptors (Lipinski definition) is 4. The molecule has 0 aromatic carbocycles. The summed E-state index contributed by atoms with van der Waals surface area (Å²) in [7, 11) is -2.95. The van der Waals surface area contributed by atoms with E-state index in [-0.39, 0.29) is 36.7 Å². The molecule has 112 valence electrons. The minimum atomic E-state index is -2.95. The van der Waals surface area contributed by atoms with Crippen molar-refractivity contribution in [3.05, 3.63) is 21.4 Å². The third-order valence-corrected chi connectivity index (χ3v) is 6.11. The fraction of sp³-hybridized carbons (Fsp3) is 0.615. The lowest BCUT2D eigenvalue weighted by Gasteiger charge is -2.28. The van der Waals surface area contributed by atoms with Crippen LogP contribution in [-0.4, -0.2) is 43.9 Å². The van der Waals surface area contributed by atoms with E-state index in [4.69, 9.17) is 0 Å². The van der Waals surface area contributed by atoms with E-state index in [9.17, 15) is 13.2 Å². The molecule has 20 heavy (non-hydrogen) atoms. The van der Waals surface area contributed by atoms with Crippen molar-refractivity contribution in [1.29, 1.82) is 0 Å². The van der Waals surface area contributed by atoms with Crippen LogP contribution >= 0.6 is 11.3 Å². The number of nitrogens with one attached hydrogen (secondary N) is 1. The van der Waals surface area contributed by atoms with Gasteiger partial charge < -0.3 is 10.2 Å². The van der Waals surface area contributed by atoms with Crippen LogP contribution in [0.25, 0.3) is 0 Å². The first kappa shape index (κ1) is 15.3. The van der Waals surface area contributed by atoms with Gasteiger partial charge in [0, 0.05) is 22.8 Å². The number of nitrogens with zero attached hydrogens (tertiary/aromatic N) is 1. The summed E-state index contributed by atoms with van der Waals surface area (Å²) in [6.07, 6.45) is 0. The molecule has 5 nitrogen and oxygen atoms in total. The molecule has 0 unspecified atom stereocenters. The molecule has 1 aromatic heterocycles. The molecule has 1 aliphatic rings. The van der Waals surface area contributed by atoms with E-state index in [2.05, 4.69) is 11.4 Å². The molecular formula is C13H20N2O3S2. The Morgan fingerprint density at radius 3 is 2.45 bits per heavy atom. The molecule has 1 saturated heterocycles. The maximum atomic E-state index is 12.1. The predicted octanol–water partition coefficient (Wildman–Crippen LogP) is 1.87. The van der Waals surface area contributed by atoms with Crippen molar-refractivity contribution in [2.24, 2.45) is 0 Å². The SMILES string of the molecule is Cc1cc([C@@H](C)NC(=O)N2CCS(=O)(=O)CC2)c(C)s1. The minimum absolute atomic E-state index is 0.0609. The average Bonchev–Trinajstić information content (AvgIpc) is 2.68. The summed E-state index contributed by atoms with van der Waals surface area (Å²) in [5.41, 5.74) is 1.13. The zero-order chi connectivity index (χ0) is 14.9. The molecule has 1 fully saturated rings. The molecule has 2 heterocycles. The molecule has 0 saturated carbocycles. The third kappa shape index (κ3) is 3.52. The zero-order valence-electron chi connectivity index (χ0n) is 12.0. The van der Waals surface area contributed by atoms with Crippen LogP contribution in [0.2, 0.25) is 0 Å². The summed E-state index contributed by atoms with van der Waals surface area (Å²) in [5.74, 6) is 0.122. The van der Waals surface area contributed by atoms with Crippen LogP contribution in [0.1, 0.15) is 28.3 Å². The lowest BCUT2D eigenvalue weighted by molar-refractivity contribution is 0.199. The molecule has 1 aromatic rings. The van der Waals surface area contributed by atoms with E-state index >= 15 is 0 Å². The van der Waals surface area contributed by atoms with Gasteiger partial charge in [-0.05, 0) is 32.4 Å². The summed E-state index contributed by atoms with van der Waals surface area (Å²) >= 11 is 1.72. The maximum absolute atomic E-state index is 12.1. The first-order chi connectivity index (χ1) is 9.28. The van der Waals surface area contributed by atoms with Crippen molar-refractivity contribution in [2.75, 3.05) is 24.6 Å². The van der Waals surface area contributed by atoms with Crippen molar-refractivity contribution in [2.45, 2.75) is 26.8 Å². The van der Waals surface area contributed by atoms with E-state index in [1.807, 2.05) is 20.8 Å². The van der Waals surface area contributed by atoms with Gasteiger partial charge in [0.15, 0.2) is 9.84 Å². The summed E-state index contributed by atoms with van der Waals surface area (Å²) in [6.45, 7) is 6.60. The van der Waals surface area contributed by atoms with Crippen LogP contribution < -0.4 is 5.32 Å². The highest BCUT2D eigenvalue weighted by Gasteiger charge is 2.26. The highest BCUT2D eigenvalue weighted by Crippen LogP contribution is 2.26. The third-order valence-electron chi connectivity index (χ3n) is 3.52. The number of thiophene rings is 1. The average molecular weight is 316 g/mol. The lowest BCUT2D eigenvalue weighted by Crippen LogP contribution is -2.48. The van der Waals surface area contributed by atoms with Crippen molar-refractivity contribution in [1.82, 2.24) is 10.2 Å². The Hall–Kier alpha value is -1.08. The van der Waals surface area contributed by atoms with E-state index in [1.54, 1.807) is 16.2 Å². The zero-order valence-corrected chi connectivity index (χ0v) is 13.6. The van der Waals surface area contributed by atoms with Gasteiger partial charge in [0.25, 0.3) is 0 Å². The summed E-state index contributed by atoms with van der Waals surface area (Å²) in [5, 5.41) is 2.95. The lowest BCUT2D eigenvalue weighted by atomic mass is 10.1. The standard InChI is InChI=1S/C13H20N2O3S2/c1-9-8-12(11(3)19-9)10(2)14-13(16)15-4-6-20(17,18)7-5-15/h8,10H,4-7H2,1-3H3,(H,14,16)/t10-/m1/s1. The molecular weight excluding hydrogens is 296 g/mol. The van der Waals surface area contributed by atoms with Gasteiger partial charge in [-0.15, -0.1) is 11.3 Å². The Bertz CT molecular complexity index is 593. The van der Waals surface area contributed by atoms with Crippen molar-refractivity contribution in [3.8, 4) is 0 Å². The molecule has 1 atom stereocenters. The second-order valence-electron chi connectivity index (χ2n) is 5.18.